The summed E-state index contributed by atoms with van der Waals surface area (Å²) in [4.78, 5) is 38.3. The Morgan fingerprint density at radius 3 is 2.39 bits per heavy atom. The van der Waals surface area contributed by atoms with E-state index < -0.39 is 18.0 Å². The Labute approximate surface area is 185 Å². The third kappa shape index (κ3) is 4.99. The van der Waals surface area contributed by atoms with Gasteiger partial charge in [0.2, 0.25) is 0 Å². The van der Waals surface area contributed by atoms with E-state index in [9.17, 15) is 19.5 Å². The van der Waals surface area contributed by atoms with Crippen molar-refractivity contribution in [1.29, 1.82) is 0 Å². The molecule has 1 aliphatic heterocycles. The molecule has 0 bridgehead atoms. The number of carboxylic acid groups (broad SMARTS) is 1. The van der Waals surface area contributed by atoms with Crippen LogP contribution in [0.15, 0.2) is 53.4 Å². The third-order valence-corrected chi connectivity index (χ3v) is 6.12. The summed E-state index contributed by atoms with van der Waals surface area (Å²) in [6, 6.07) is 14.3. The highest BCUT2D eigenvalue weighted by atomic mass is 32.2. The van der Waals surface area contributed by atoms with Crippen LogP contribution in [0.2, 0.25) is 0 Å². The van der Waals surface area contributed by atoms with Crippen LogP contribution in [0.25, 0.3) is 6.08 Å². The number of imide groups is 1. The van der Waals surface area contributed by atoms with Crippen molar-refractivity contribution in [2.75, 3.05) is 4.90 Å². The first-order valence-corrected chi connectivity index (χ1v) is 11.0. The molecule has 6 nitrogen and oxygen atoms in total. The van der Waals surface area contributed by atoms with Crippen LogP contribution in [0, 0.1) is 0 Å². The summed E-state index contributed by atoms with van der Waals surface area (Å²) in [5.41, 5.74) is 2.22. The minimum atomic E-state index is -1.06. The van der Waals surface area contributed by atoms with E-state index in [-0.39, 0.29) is 10.1 Å². The second kappa shape index (κ2) is 9.83. The minimum Gasteiger partial charge on any atom is -0.479 e. The fourth-order valence-electron chi connectivity index (χ4n) is 3.19. The second-order valence-corrected chi connectivity index (χ2v) is 8.30. The van der Waals surface area contributed by atoms with Crippen molar-refractivity contribution < 1.29 is 24.2 Å². The molecule has 3 rings (SSSR count). The van der Waals surface area contributed by atoms with Gasteiger partial charge in [0.05, 0.1) is 10.6 Å². The first-order chi connectivity index (χ1) is 14.8. The molecule has 0 aromatic heterocycles. The summed E-state index contributed by atoms with van der Waals surface area (Å²) in [5, 5.41) is 8.89. The first kappa shape index (κ1) is 22.6. The molecule has 2 aromatic carbocycles. The standard InChI is InChI=1S/C24H25NO5S/c1-4-15(3)16-10-12-18(13-11-16)25-22(26)21(31-24(25)29)14-17-8-6-7-9-20(17)30-19(5-2)23(27)28/h6-15,19H,4-5H2,1-3H3,(H,27,28)/b21-14+. The van der Waals surface area contributed by atoms with Gasteiger partial charge in [-0.3, -0.25) is 9.59 Å². The van der Waals surface area contributed by atoms with Gasteiger partial charge >= 0.3 is 5.97 Å². The van der Waals surface area contributed by atoms with E-state index in [0.717, 1.165) is 28.6 Å². The molecule has 1 aliphatic rings. The minimum absolute atomic E-state index is 0.260. The Bertz CT molecular complexity index is 1010. The maximum atomic E-state index is 13.0. The number of carbonyl (C=O) groups excluding carboxylic acids is 2. The number of carbonyl (C=O) groups is 3. The molecule has 2 atom stereocenters. The molecular weight excluding hydrogens is 414 g/mol. The van der Waals surface area contributed by atoms with Gasteiger partial charge in [0, 0.05) is 5.56 Å². The van der Waals surface area contributed by atoms with E-state index in [1.807, 2.05) is 12.1 Å². The molecule has 2 aromatic rings. The van der Waals surface area contributed by atoms with Gasteiger partial charge in [-0.05, 0) is 60.4 Å². The number of carboxylic acids is 1. The van der Waals surface area contributed by atoms with E-state index in [1.54, 1.807) is 49.4 Å². The SMILES string of the molecule is CCC(Oc1ccccc1/C=C1/SC(=O)N(c2ccc(C(C)CC)cc2)C1=O)C(=O)O. The van der Waals surface area contributed by atoms with Gasteiger partial charge in [-0.25, -0.2) is 9.69 Å². The number of hydrogen-bond acceptors (Lipinski definition) is 5. The number of ether oxygens (including phenoxy) is 1. The predicted octanol–water partition coefficient (Wildman–Crippen LogP) is 5.68. The zero-order chi connectivity index (χ0) is 22.5. The number of thioether (sulfide) groups is 1. The van der Waals surface area contributed by atoms with Crippen LogP contribution in [0.3, 0.4) is 0 Å². The van der Waals surface area contributed by atoms with E-state index in [4.69, 9.17) is 4.74 Å². The molecule has 0 saturated carbocycles. The summed E-state index contributed by atoms with van der Waals surface area (Å²) in [7, 11) is 0. The van der Waals surface area contributed by atoms with Crippen LogP contribution in [0.4, 0.5) is 10.5 Å². The van der Waals surface area contributed by atoms with Crippen LogP contribution >= 0.6 is 11.8 Å². The van der Waals surface area contributed by atoms with Gasteiger partial charge in [0.25, 0.3) is 11.1 Å². The average Bonchev–Trinajstić information content (AvgIpc) is 3.05. The molecule has 162 valence electrons. The lowest BCUT2D eigenvalue weighted by atomic mass is 9.98. The quantitative estimate of drug-likeness (QED) is 0.533. The average molecular weight is 440 g/mol. The van der Waals surface area contributed by atoms with Crippen molar-refractivity contribution in [3.63, 3.8) is 0 Å². The monoisotopic (exact) mass is 439 g/mol. The van der Waals surface area contributed by atoms with Crippen LogP contribution < -0.4 is 9.64 Å². The van der Waals surface area contributed by atoms with Crippen molar-refractivity contribution in [1.82, 2.24) is 0 Å². The van der Waals surface area contributed by atoms with Crippen LogP contribution in [-0.2, 0) is 9.59 Å². The van der Waals surface area contributed by atoms with Gasteiger partial charge in [-0.1, -0.05) is 51.1 Å². The third-order valence-electron chi connectivity index (χ3n) is 5.25. The van der Waals surface area contributed by atoms with Crippen molar-refractivity contribution in [2.45, 2.75) is 45.6 Å². The largest absolute Gasteiger partial charge is 0.479 e. The lowest BCUT2D eigenvalue weighted by Crippen LogP contribution is -2.27. The molecule has 0 spiro atoms. The van der Waals surface area contributed by atoms with E-state index in [0.29, 0.717) is 29.3 Å². The second-order valence-electron chi connectivity index (χ2n) is 7.31. The predicted molar refractivity (Wildman–Crippen MR) is 122 cm³/mol. The number of benzene rings is 2. The van der Waals surface area contributed by atoms with Crippen molar-refractivity contribution in [2.24, 2.45) is 0 Å². The Balaban J connectivity index is 1.87. The normalized spacial score (nSPS) is 17.1. The molecule has 7 heteroatoms. The number of nitrogens with zero attached hydrogens (tertiary/aromatic N) is 1. The fraction of sp³-hybridized carbons (Fsp3) is 0.292. The Morgan fingerprint density at radius 2 is 1.77 bits per heavy atom. The molecule has 2 amide bonds. The summed E-state index contributed by atoms with van der Waals surface area (Å²) in [6.07, 6.45) is 1.88. The number of rotatable bonds is 8. The maximum Gasteiger partial charge on any atom is 0.344 e. The van der Waals surface area contributed by atoms with Gasteiger partial charge < -0.3 is 9.84 Å². The van der Waals surface area contributed by atoms with Crippen molar-refractivity contribution >= 4 is 40.6 Å². The zero-order valence-corrected chi connectivity index (χ0v) is 18.5. The summed E-state index contributed by atoms with van der Waals surface area (Å²) in [6.45, 7) is 5.96. The van der Waals surface area contributed by atoms with E-state index in [2.05, 4.69) is 13.8 Å². The highest BCUT2D eigenvalue weighted by Gasteiger charge is 2.36. The van der Waals surface area contributed by atoms with Crippen LogP contribution in [0.5, 0.6) is 5.75 Å². The van der Waals surface area contributed by atoms with Crippen molar-refractivity contribution in [3.8, 4) is 5.75 Å². The molecular formula is C24H25NO5S. The summed E-state index contributed by atoms with van der Waals surface area (Å²) < 4.78 is 5.62. The number of hydrogen-bond donors (Lipinski definition) is 1. The van der Waals surface area contributed by atoms with Gasteiger partial charge in [-0.15, -0.1) is 0 Å². The lowest BCUT2D eigenvalue weighted by molar-refractivity contribution is -0.145. The molecule has 0 radical (unpaired) electrons. The molecule has 2 unspecified atom stereocenters. The molecule has 1 saturated heterocycles. The summed E-state index contributed by atoms with van der Waals surface area (Å²) >= 11 is 0.853. The van der Waals surface area contributed by atoms with Gasteiger partial charge in [0.15, 0.2) is 6.10 Å². The highest BCUT2D eigenvalue weighted by Crippen LogP contribution is 2.37. The summed E-state index contributed by atoms with van der Waals surface area (Å²) in [5.74, 6) is -0.718. The Morgan fingerprint density at radius 1 is 1.10 bits per heavy atom. The first-order valence-electron chi connectivity index (χ1n) is 10.2. The Hall–Kier alpha value is -3.06. The molecule has 1 heterocycles. The van der Waals surface area contributed by atoms with Gasteiger partial charge in [0.1, 0.15) is 5.75 Å². The van der Waals surface area contributed by atoms with Crippen LogP contribution in [-0.4, -0.2) is 28.3 Å². The van der Waals surface area contributed by atoms with E-state index in [1.165, 1.54) is 0 Å². The number of aliphatic carboxylic acids is 1. The maximum absolute atomic E-state index is 13.0. The zero-order valence-electron chi connectivity index (χ0n) is 17.7. The molecule has 31 heavy (non-hydrogen) atoms. The molecule has 1 fully saturated rings. The number of amides is 2. The molecule has 0 aliphatic carbocycles. The smallest absolute Gasteiger partial charge is 0.344 e. The fourth-order valence-corrected chi connectivity index (χ4v) is 4.02. The lowest BCUT2D eigenvalue weighted by Gasteiger charge is -2.15. The number of anilines is 1. The Kier molecular flexibility index (Phi) is 7.17. The van der Waals surface area contributed by atoms with Crippen LogP contribution in [0.1, 0.15) is 50.7 Å². The molecule has 1 N–H and O–H groups in total. The topological polar surface area (TPSA) is 83.9 Å². The van der Waals surface area contributed by atoms with Crippen molar-refractivity contribution in [3.05, 3.63) is 64.6 Å². The number of para-hydroxylation sites is 1. The van der Waals surface area contributed by atoms with Gasteiger partial charge in [-0.2, -0.15) is 0 Å². The highest BCUT2D eigenvalue weighted by molar-refractivity contribution is 8.19. The van der Waals surface area contributed by atoms with E-state index >= 15 is 0 Å².